The lowest BCUT2D eigenvalue weighted by Gasteiger charge is -2.07. The average molecular weight is 288 g/mol. The van der Waals surface area contributed by atoms with Crippen LogP contribution in [0.1, 0.15) is 0 Å². The van der Waals surface area contributed by atoms with Gasteiger partial charge in [-0.2, -0.15) is 8.42 Å². The molecule has 2 aromatic rings. The van der Waals surface area contributed by atoms with Crippen molar-refractivity contribution in [3.63, 3.8) is 0 Å². The predicted molar refractivity (Wildman–Crippen MR) is 60.6 cm³/mol. The summed E-state index contributed by atoms with van der Waals surface area (Å²) in [4.78, 5) is -0.728. The summed E-state index contributed by atoms with van der Waals surface area (Å²) in [7, 11) is -4.50. The smallest absolute Gasteiger partial charge is 0.339 e. The molecular formula is C12H7F3O3S. The van der Waals surface area contributed by atoms with E-state index in [1.165, 1.54) is 12.1 Å². The van der Waals surface area contributed by atoms with E-state index in [2.05, 4.69) is 4.18 Å². The molecule has 0 unspecified atom stereocenters. The topological polar surface area (TPSA) is 43.4 Å². The predicted octanol–water partition coefficient (Wildman–Crippen LogP) is 2.87. The highest BCUT2D eigenvalue weighted by molar-refractivity contribution is 7.87. The standard InChI is InChI=1S/C12H7F3O3S/c13-8-5-9(14)7-10(6-8)19(16,17)18-12-4-2-1-3-11(12)15/h1-7H. The van der Waals surface area contributed by atoms with Crippen molar-refractivity contribution in [1.29, 1.82) is 0 Å². The molecule has 0 aliphatic carbocycles. The molecule has 7 heteroatoms. The normalized spacial score (nSPS) is 11.3. The molecule has 0 aromatic heterocycles. The maximum atomic E-state index is 13.3. The maximum absolute atomic E-state index is 13.3. The number of para-hydroxylation sites is 1. The third-order valence-corrected chi connectivity index (χ3v) is 3.37. The fraction of sp³-hybridized carbons (Fsp3) is 0. The van der Waals surface area contributed by atoms with Crippen molar-refractivity contribution in [2.45, 2.75) is 4.90 Å². The molecule has 100 valence electrons. The summed E-state index contributed by atoms with van der Waals surface area (Å²) >= 11 is 0. The van der Waals surface area contributed by atoms with Crippen LogP contribution >= 0.6 is 0 Å². The van der Waals surface area contributed by atoms with Gasteiger partial charge in [-0.25, -0.2) is 13.2 Å². The van der Waals surface area contributed by atoms with Crippen LogP contribution < -0.4 is 4.18 Å². The second-order valence-corrected chi connectivity index (χ2v) is 5.12. The summed E-state index contributed by atoms with van der Waals surface area (Å²) in [5.41, 5.74) is 0. The summed E-state index contributed by atoms with van der Waals surface area (Å²) < 4.78 is 67.1. The number of hydrogen-bond acceptors (Lipinski definition) is 3. The molecule has 19 heavy (non-hydrogen) atoms. The lowest BCUT2D eigenvalue weighted by atomic mass is 10.3. The zero-order chi connectivity index (χ0) is 14.0. The highest BCUT2D eigenvalue weighted by Gasteiger charge is 2.20. The van der Waals surface area contributed by atoms with E-state index in [0.29, 0.717) is 18.2 Å². The maximum Gasteiger partial charge on any atom is 0.339 e. The molecule has 2 aromatic carbocycles. The van der Waals surface area contributed by atoms with Crippen LogP contribution in [0.15, 0.2) is 47.4 Å². The van der Waals surface area contributed by atoms with Crippen LogP contribution in [0, 0.1) is 17.5 Å². The lowest BCUT2D eigenvalue weighted by molar-refractivity contribution is 0.459. The van der Waals surface area contributed by atoms with Gasteiger partial charge in [0.2, 0.25) is 0 Å². The first kappa shape index (κ1) is 13.4. The van der Waals surface area contributed by atoms with Crippen LogP contribution in [0.25, 0.3) is 0 Å². The van der Waals surface area contributed by atoms with Crippen molar-refractivity contribution >= 4 is 10.1 Å². The zero-order valence-corrected chi connectivity index (χ0v) is 10.1. The minimum absolute atomic E-state index is 0.516. The van der Waals surface area contributed by atoms with E-state index in [9.17, 15) is 21.6 Å². The van der Waals surface area contributed by atoms with E-state index in [1.54, 1.807) is 0 Å². The van der Waals surface area contributed by atoms with E-state index in [-0.39, 0.29) is 0 Å². The largest absolute Gasteiger partial charge is 0.376 e. The SMILES string of the molecule is O=S(=O)(Oc1ccccc1F)c1cc(F)cc(F)c1. The first-order valence-electron chi connectivity index (χ1n) is 5.03. The summed E-state index contributed by atoms with van der Waals surface area (Å²) in [6.07, 6.45) is 0. The van der Waals surface area contributed by atoms with Gasteiger partial charge in [-0.05, 0) is 24.3 Å². The molecule has 0 atom stereocenters. The van der Waals surface area contributed by atoms with Crippen LogP contribution in [0.3, 0.4) is 0 Å². The summed E-state index contributed by atoms with van der Waals surface area (Å²) in [6.45, 7) is 0. The number of benzene rings is 2. The number of hydrogen-bond donors (Lipinski definition) is 0. The highest BCUT2D eigenvalue weighted by Crippen LogP contribution is 2.22. The van der Waals surface area contributed by atoms with Gasteiger partial charge in [-0.1, -0.05) is 12.1 Å². The van der Waals surface area contributed by atoms with Gasteiger partial charge in [0.1, 0.15) is 16.5 Å². The van der Waals surface area contributed by atoms with E-state index < -0.39 is 38.2 Å². The second kappa shape index (κ2) is 4.93. The monoisotopic (exact) mass is 288 g/mol. The van der Waals surface area contributed by atoms with Crippen molar-refractivity contribution in [3.8, 4) is 5.75 Å². The quantitative estimate of drug-likeness (QED) is 0.816. The van der Waals surface area contributed by atoms with Crippen molar-refractivity contribution in [2.75, 3.05) is 0 Å². The Morgan fingerprint density at radius 1 is 0.895 bits per heavy atom. The first-order chi connectivity index (χ1) is 8.88. The molecule has 2 rings (SSSR count). The molecular weight excluding hydrogens is 281 g/mol. The van der Waals surface area contributed by atoms with E-state index in [0.717, 1.165) is 12.1 Å². The van der Waals surface area contributed by atoms with Crippen LogP contribution in [0.4, 0.5) is 13.2 Å². The molecule has 0 N–H and O–H groups in total. The summed E-state index contributed by atoms with van der Waals surface area (Å²) in [5, 5.41) is 0. The molecule has 0 spiro atoms. The minimum atomic E-state index is -4.50. The molecule has 0 aliphatic rings. The first-order valence-corrected chi connectivity index (χ1v) is 6.44. The Balaban J connectivity index is 2.41. The van der Waals surface area contributed by atoms with Gasteiger partial charge in [-0.3, -0.25) is 0 Å². The highest BCUT2D eigenvalue weighted by atomic mass is 32.2. The summed E-state index contributed by atoms with van der Waals surface area (Å²) in [6, 6.07) is 6.47. The summed E-state index contributed by atoms with van der Waals surface area (Å²) in [5.74, 6) is -3.60. The van der Waals surface area contributed by atoms with Crippen LogP contribution in [0.5, 0.6) is 5.75 Å². The van der Waals surface area contributed by atoms with Gasteiger partial charge in [0.15, 0.2) is 11.6 Å². The second-order valence-electron chi connectivity index (χ2n) is 3.57. The molecule has 0 fully saturated rings. The Morgan fingerprint density at radius 2 is 1.47 bits per heavy atom. The Morgan fingerprint density at radius 3 is 2.05 bits per heavy atom. The average Bonchev–Trinajstić information content (AvgIpc) is 2.31. The third kappa shape index (κ3) is 3.05. The van der Waals surface area contributed by atoms with Crippen LogP contribution in [-0.4, -0.2) is 8.42 Å². The fourth-order valence-corrected chi connectivity index (χ4v) is 2.33. The molecule has 0 heterocycles. The Kier molecular flexibility index (Phi) is 3.48. The fourth-order valence-electron chi connectivity index (χ4n) is 1.35. The van der Waals surface area contributed by atoms with E-state index >= 15 is 0 Å². The molecule has 0 saturated carbocycles. The zero-order valence-electron chi connectivity index (χ0n) is 9.31. The van der Waals surface area contributed by atoms with Crippen molar-refractivity contribution in [1.82, 2.24) is 0 Å². The Bertz CT molecular complexity index is 694. The number of rotatable bonds is 3. The molecule has 3 nitrogen and oxygen atoms in total. The molecule has 0 saturated heterocycles. The van der Waals surface area contributed by atoms with Gasteiger partial charge < -0.3 is 4.18 Å². The van der Waals surface area contributed by atoms with Gasteiger partial charge in [-0.15, -0.1) is 0 Å². The van der Waals surface area contributed by atoms with E-state index in [1.807, 2.05) is 0 Å². The van der Waals surface area contributed by atoms with Crippen LogP contribution in [-0.2, 0) is 10.1 Å². The van der Waals surface area contributed by atoms with Crippen molar-refractivity contribution < 1.29 is 25.8 Å². The minimum Gasteiger partial charge on any atom is -0.376 e. The van der Waals surface area contributed by atoms with Gasteiger partial charge in [0.25, 0.3) is 0 Å². The van der Waals surface area contributed by atoms with Crippen molar-refractivity contribution in [3.05, 3.63) is 59.9 Å². The third-order valence-electron chi connectivity index (χ3n) is 2.16. The Hall–Kier alpha value is -2.02. The van der Waals surface area contributed by atoms with Crippen LogP contribution in [0.2, 0.25) is 0 Å². The van der Waals surface area contributed by atoms with Gasteiger partial charge in [0, 0.05) is 6.07 Å². The van der Waals surface area contributed by atoms with Gasteiger partial charge in [0.05, 0.1) is 0 Å². The Labute approximate surface area is 107 Å². The van der Waals surface area contributed by atoms with E-state index in [4.69, 9.17) is 0 Å². The molecule has 0 bridgehead atoms. The molecule has 0 radical (unpaired) electrons. The molecule has 0 amide bonds. The van der Waals surface area contributed by atoms with Gasteiger partial charge >= 0.3 is 10.1 Å². The van der Waals surface area contributed by atoms with Crippen molar-refractivity contribution in [2.24, 2.45) is 0 Å². The number of halogens is 3. The lowest BCUT2D eigenvalue weighted by Crippen LogP contribution is -2.11. The molecule has 0 aliphatic heterocycles.